The molecule has 0 fully saturated rings. The predicted octanol–water partition coefficient (Wildman–Crippen LogP) is 5.34. The zero-order valence-electron chi connectivity index (χ0n) is 14.0. The van der Waals surface area contributed by atoms with E-state index in [0.29, 0.717) is 11.1 Å². The fraction of sp³-hybridized carbons (Fsp3) is 0.150. The van der Waals surface area contributed by atoms with Gasteiger partial charge >= 0.3 is 6.18 Å². The van der Waals surface area contributed by atoms with Crippen LogP contribution in [0.25, 0.3) is 0 Å². The van der Waals surface area contributed by atoms with Crippen LogP contribution in [-0.2, 0) is 18.1 Å². The van der Waals surface area contributed by atoms with Crippen LogP contribution in [0.4, 0.5) is 17.6 Å². The highest BCUT2D eigenvalue weighted by Crippen LogP contribution is 2.36. The summed E-state index contributed by atoms with van der Waals surface area (Å²) in [7, 11) is 0. The summed E-state index contributed by atoms with van der Waals surface area (Å²) in [5.41, 5.74) is 5.02. The van der Waals surface area contributed by atoms with Crippen LogP contribution in [-0.4, -0.2) is 4.98 Å². The standard InChI is InChI=1S/C20H15ClF4N2/c21-16-6-7-18(27-12-16)19(26,11-13-4-2-1-3-5-13)14-8-15(20(23,24)25)10-17(22)9-14/h1-10,12H,11,26H2/t19-/m1/s1. The number of nitrogens with two attached hydrogens (primary N) is 1. The van der Waals surface area contributed by atoms with Crippen molar-refractivity contribution in [1.82, 2.24) is 4.98 Å². The van der Waals surface area contributed by atoms with Crippen LogP contribution >= 0.6 is 11.6 Å². The molecule has 0 radical (unpaired) electrons. The molecule has 140 valence electrons. The maximum Gasteiger partial charge on any atom is 0.416 e. The van der Waals surface area contributed by atoms with Gasteiger partial charge in [-0.2, -0.15) is 13.2 Å². The molecule has 2 aromatic carbocycles. The van der Waals surface area contributed by atoms with Gasteiger partial charge in [0.2, 0.25) is 0 Å². The van der Waals surface area contributed by atoms with E-state index in [1.54, 1.807) is 30.3 Å². The summed E-state index contributed by atoms with van der Waals surface area (Å²) in [5, 5.41) is 0.357. The molecule has 3 aromatic rings. The van der Waals surface area contributed by atoms with Crippen LogP contribution < -0.4 is 5.73 Å². The summed E-state index contributed by atoms with van der Waals surface area (Å²) >= 11 is 5.87. The molecule has 0 saturated carbocycles. The summed E-state index contributed by atoms with van der Waals surface area (Å²) in [4.78, 5) is 4.18. The van der Waals surface area contributed by atoms with Crippen LogP contribution in [0.3, 0.4) is 0 Å². The fourth-order valence-corrected chi connectivity index (χ4v) is 3.02. The predicted molar refractivity (Wildman–Crippen MR) is 95.8 cm³/mol. The number of pyridine rings is 1. The maximum absolute atomic E-state index is 14.0. The third-order valence-corrected chi connectivity index (χ3v) is 4.47. The van der Waals surface area contributed by atoms with E-state index in [-0.39, 0.29) is 17.7 Å². The Morgan fingerprint density at radius 2 is 1.59 bits per heavy atom. The van der Waals surface area contributed by atoms with Crippen LogP contribution in [0.2, 0.25) is 5.02 Å². The summed E-state index contributed by atoms with van der Waals surface area (Å²) < 4.78 is 53.5. The Morgan fingerprint density at radius 1 is 0.926 bits per heavy atom. The molecular formula is C20H15ClF4N2. The lowest BCUT2D eigenvalue weighted by Crippen LogP contribution is -2.41. The highest BCUT2D eigenvalue weighted by Gasteiger charge is 2.36. The molecule has 0 unspecified atom stereocenters. The topological polar surface area (TPSA) is 38.9 Å². The summed E-state index contributed by atoms with van der Waals surface area (Å²) in [6.07, 6.45) is -3.21. The van der Waals surface area contributed by atoms with Crippen molar-refractivity contribution in [3.63, 3.8) is 0 Å². The zero-order valence-corrected chi connectivity index (χ0v) is 14.7. The van der Waals surface area contributed by atoms with Crippen molar-refractivity contribution in [1.29, 1.82) is 0 Å². The van der Waals surface area contributed by atoms with Crippen LogP contribution in [0.1, 0.15) is 22.4 Å². The second kappa shape index (κ2) is 7.29. The largest absolute Gasteiger partial charge is 0.416 e. The molecule has 7 heteroatoms. The van der Waals surface area contributed by atoms with Crippen molar-refractivity contribution in [3.05, 3.63) is 100 Å². The molecule has 0 saturated heterocycles. The zero-order chi connectivity index (χ0) is 19.7. The molecule has 1 atom stereocenters. The molecule has 0 aliphatic rings. The van der Waals surface area contributed by atoms with Gasteiger partial charge in [0.05, 0.1) is 21.8 Å². The first kappa shape index (κ1) is 19.3. The SMILES string of the molecule is N[C@](Cc1ccccc1)(c1cc(F)cc(C(F)(F)F)c1)c1ccc(Cl)cn1. The van der Waals surface area contributed by atoms with Gasteiger partial charge < -0.3 is 5.73 Å². The fourth-order valence-electron chi connectivity index (χ4n) is 2.91. The summed E-state index contributed by atoms with van der Waals surface area (Å²) in [6, 6.07) is 14.4. The van der Waals surface area contributed by atoms with Crippen molar-refractivity contribution < 1.29 is 17.6 Å². The number of benzene rings is 2. The average molecular weight is 395 g/mol. The van der Waals surface area contributed by atoms with Crippen molar-refractivity contribution in [2.24, 2.45) is 5.73 Å². The van der Waals surface area contributed by atoms with Crippen LogP contribution in [0.5, 0.6) is 0 Å². The molecule has 0 spiro atoms. The van der Waals surface area contributed by atoms with Crippen molar-refractivity contribution in [2.75, 3.05) is 0 Å². The Kier molecular flexibility index (Phi) is 5.22. The number of halogens is 5. The second-order valence-electron chi connectivity index (χ2n) is 6.22. The number of hydrogen-bond acceptors (Lipinski definition) is 2. The van der Waals surface area contributed by atoms with Gasteiger partial charge in [0.1, 0.15) is 5.82 Å². The minimum atomic E-state index is -4.70. The minimum absolute atomic E-state index is 0.0199. The monoisotopic (exact) mass is 394 g/mol. The third kappa shape index (κ3) is 4.28. The van der Waals surface area contributed by atoms with E-state index in [1.165, 1.54) is 12.3 Å². The first-order valence-corrected chi connectivity index (χ1v) is 8.39. The normalized spacial score (nSPS) is 14.0. The summed E-state index contributed by atoms with van der Waals surface area (Å²) in [6.45, 7) is 0. The third-order valence-electron chi connectivity index (χ3n) is 4.25. The first-order valence-electron chi connectivity index (χ1n) is 8.01. The number of hydrogen-bond donors (Lipinski definition) is 1. The molecule has 0 amide bonds. The van der Waals surface area contributed by atoms with Gasteiger partial charge in [-0.3, -0.25) is 4.98 Å². The molecule has 0 bridgehead atoms. The molecule has 2 N–H and O–H groups in total. The lowest BCUT2D eigenvalue weighted by Gasteiger charge is -2.30. The van der Waals surface area contributed by atoms with Crippen LogP contribution in [0.15, 0.2) is 66.9 Å². The maximum atomic E-state index is 14.0. The molecular weight excluding hydrogens is 380 g/mol. The van der Waals surface area contributed by atoms with Gasteiger partial charge in [0.15, 0.2) is 0 Å². The molecule has 1 heterocycles. The molecule has 0 aliphatic carbocycles. The Hall–Kier alpha value is -2.44. The molecule has 2 nitrogen and oxygen atoms in total. The Bertz CT molecular complexity index is 927. The van der Waals surface area contributed by atoms with Gasteiger partial charge in [-0.1, -0.05) is 41.9 Å². The van der Waals surface area contributed by atoms with E-state index >= 15 is 0 Å². The van der Waals surface area contributed by atoms with Crippen molar-refractivity contribution in [3.8, 4) is 0 Å². The minimum Gasteiger partial charge on any atom is -0.316 e. The van der Waals surface area contributed by atoms with Crippen molar-refractivity contribution in [2.45, 2.75) is 18.1 Å². The Balaban J connectivity index is 2.18. The average Bonchev–Trinajstić information content (AvgIpc) is 2.61. The van der Waals surface area contributed by atoms with E-state index in [0.717, 1.165) is 17.7 Å². The van der Waals surface area contributed by atoms with E-state index in [2.05, 4.69) is 4.98 Å². The Morgan fingerprint density at radius 3 is 2.19 bits per heavy atom. The second-order valence-corrected chi connectivity index (χ2v) is 6.66. The quantitative estimate of drug-likeness (QED) is 0.607. The first-order chi connectivity index (χ1) is 12.7. The number of rotatable bonds is 4. The Labute approximate surface area is 158 Å². The molecule has 3 rings (SSSR count). The highest BCUT2D eigenvalue weighted by atomic mass is 35.5. The van der Waals surface area contributed by atoms with Gasteiger partial charge in [-0.25, -0.2) is 4.39 Å². The van der Waals surface area contributed by atoms with E-state index in [1.807, 2.05) is 6.07 Å². The van der Waals surface area contributed by atoms with E-state index in [4.69, 9.17) is 17.3 Å². The van der Waals surface area contributed by atoms with Crippen LogP contribution in [0, 0.1) is 5.82 Å². The molecule has 0 aliphatic heterocycles. The molecule has 1 aromatic heterocycles. The smallest absolute Gasteiger partial charge is 0.316 e. The van der Waals surface area contributed by atoms with Gasteiger partial charge in [-0.05, 0) is 41.5 Å². The van der Waals surface area contributed by atoms with Crippen molar-refractivity contribution >= 4 is 11.6 Å². The van der Waals surface area contributed by atoms with Gasteiger partial charge in [-0.15, -0.1) is 0 Å². The summed E-state index contributed by atoms with van der Waals surface area (Å²) in [5.74, 6) is -1.02. The van der Waals surface area contributed by atoms with E-state index in [9.17, 15) is 17.6 Å². The molecule has 27 heavy (non-hydrogen) atoms. The van der Waals surface area contributed by atoms with Gasteiger partial charge in [0.25, 0.3) is 0 Å². The number of alkyl halides is 3. The number of nitrogens with zero attached hydrogens (tertiary/aromatic N) is 1. The van der Waals surface area contributed by atoms with Gasteiger partial charge in [0, 0.05) is 12.6 Å². The number of aromatic nitrogens is 1. The lowest BCUT2D eigenvalue weighted by atomic mass is 9.81. The lowest BCUT2D eigenvalue weighted by molar-refractivity contribution is -0.137. The highest BCUT2D eigenvalue weighted by molar-refractivity contribution is 6.30. The van der Waals surface area contributed by atoms with E-state index < -0.39 is 23.1 Å².